The minimum atomic E-state index is -0.460. The number of nitro groups is 1. The number of rotatable bonds is 7. The molecule has 0 unspecified atom stereocenters. The first kappa shape index (κ1) is 21.0. The summed E-state index contributed by atoms with van der Waals surface area (Å²) in [7, 11) is 0. The molecule has 8 heteroatoms. The van der Waals surface area contributed by atoms with Crippen LogP contribution in [0.2, 0.25) is 0 Å². The van der Waals surface area contributed by atoms with Gasteiger partial charge in [0.05, 0.1) is 22.2 Å². The van der Waals surface area contributed by atoms with E-state index in [0.717, 1.165) is 11.1 Å². The molecule has 0 aliphatic carbocycles. The third kappa shape index (κ3) is 5.28. The topological polar surface area (TPSA) is 102 Å². The number of benzene rings is 3. The second-order valence-corrected chi connectivity index (χ2v) is 7.64. The van der Waals surface area contributed by atoms with Gasteiger partial charge in [0.25, 0.3) is 5.69 Å². The Morgan fingerprint density at radius 3 is 2.47 bits per heavy atom. The largest absolute Gasteiger partial charge is 0.439 e. The number of nitrogens with zero attached hydrogens (tertiary/aromatic N) is 4. The zero-order valence-electron chi connectivity index (χ0n) is 16.7. The number of nitro benzene ring substituents is 1. The Bertz CT molecular complexity index is 1290. The van der Waals surface area contributed by atoms with Gasteiger partial charge >= 0.3 is 0 Å². The fraction of sp³-hybridized carbons (Fsp3) is 0.0417. The van der Waals surface area contributed by atoms with E-state index in [-0.39, 0.29) is 5.69 Å². The predicted molar refractivity (Wildman–Crippen MR) is 121 cm³/mol. The van der Waals surface area contributed by atoms with Crippen molar-refractivity contribution in [3.8, 4) is 29.0 Å². The molecule has 0 spiro atoms. The zero-order chi connectivity index (χ0) is 22.3. The molecule has 32 heavy (non-hydrogen) atoms. The van der Waals surface area contributed by atoms with Gasteiger partial charge in [-0.1, -0.05) is 54.2 Å². The van der Waals surface area contributed by atoms with E-state index < -0.39 is 4.92 Å². The normalized spacial score (nSPS) is 10.3. The van der Waals surface area contributed by atoms with Crippen molar-refractivity contribution in [2.45, 2.75) is 10.9 Å². The molecule has 4 aromatic rings. The Kier molecular flexibility index (Phi) is 6.39. The maximum atomic E-state index is 10.9. The summed E-state index contributed by atoms with van der Waals surface area (Å²) in [4.78, 5) is 19.6. The van der Waals surface area contributed by atoms with Gasteiger partial charge in [-0.2, -0.15) is 10.2 Å². The summed E-state index contributed by atoms with van der Waals surface area (Å²) in [6, 6.07) is 26.8. The molecule has 4 rings (SSSR count). The van der Waals surface area contributed by atoms with Crippen LogP contribution in [-0.2, 0) is 5.75 Å². The average molecular weight is 440 g/mol. The molecule has 0 bridgehead atoms. The van der Waals surface area contributed by atoms with Gasteiger partial charge in [-0.25, -0.2) is 4.98 Å². The molecule has 0 atom stereocenters. The Balaban J connectivity index is 1.61. The molecule has 0 saturated heterocycles. The lowest BCUT2D eigenvalue weighted by Crippen LogP contribution is -1.96. The number of aromatic nitrogens is 2. The lowest BCUT2D eigenvalue weighted by Gasteiger charge is -2.10. The molecule has 0 radical (unpaired) electrons. The van der Waals surface area contributed by atoms with E-state index in [1.54, 1.807) is 12.1 Å². The Morgan fingerprint density at radius 1 is 0.969 bits per heavy atom. The average Bonchev–Trinajstić information content (AvgIpc) is 2.83. The monoisotopic (exact) mass is 440 g/mol. The summed E-state index contributed by atoms with van der Waals surface area (Å²) in [5, 5.41) is 20.5. The Hall–Kier alpha value is -4.22. The first-order valence-electron chi connectivity index (χ1n) is 9.59. The predicted octanol–water partition coefficient (Wildman–Crippen LogP) is 6.01. The minimum absolute atomic E-state index is 0.0131. The molecule has 7 nitrogen and oxygen atoms in total. The van der Waals surface area contributed by atoms with Crippen molar-refractivity contribution in [2.24, 2.45) is 0 Å². The number of hydrogen-bond donors (Lipinski definition) is 0. The molecule has 3 aromatic carbocycles. The SMILES string of the molecule is N#Cc1cccc(CSc2nc(Oc3ccc([N+](=O)[O-])cc3)cc(-c3ccccc3)n2)c1. The van der Waals surface area contributed by atoms with Crippen LogP contribution >= 0.6 is 11.8 Å². The summed E-state index contributed by atoms with van der Waals surface area (Å²) in [6.07, 6.45) is 0. The second kappa shape index (κ2) is 9.73. The van der Waals surface area contributed by atoms with E-state index in [2.05, 4.69) is 16.0 Å². The van der Waals surface area contributed by atoms with Crippen LogP contribution in [0.5, 0.6) is 11.6 Å². The van der Waals surface area contributed by atoms with Crippen molar-refractivity contribution >= 4 is 17.4 Å². The third-order valence-electron chi connectivity index (χ3n) is 4.45. The molecule has 0 fully saturated rings. The lowest BCUT2D eigenvalue weighted by atomic mass is 10.1. The van der Waals surface area contributed by atoms with Gasteiger partial charge in [-0.15, -0.1) is 0 Å². The van der Waals surface area contributed by atoms with Crippen LogP contribution in [0.1, 0.15) is 11.1 Å². The fourth-order valence-corrected chi connectivity index (χ4v) is 3.71. The van der Waals surface area contributed by atoms with Crippen molar-refractivity contribution in [1.82, 2.24) is 9.97 Å². The van der Waals surface area contributed by atoms with Crippen molar-refractivity contribution in [3.63, 3.8) is 0 Å². The minimum Gasteiger partial charge on any atom is -0.439 e. The molecule has 156 valence electrons. The molecular formula is C24H16N4O3S. The van der Waals surface area contributed by atoms with Crippen LogP contribution in [0.15, 0.2) is 90.1 Å². The molecule has 0 N–H and O–H groups in total. The lowest BCUT2D eigenvalue weighted by molar-refractivity contribution is -0.384. The molecule has 0 aliphatic rings. The summed E-state index contributed by atoms with van der Waals surface area (Å²) in [5.74, 6) is 1.36. The van der Waals surface area contributed by atoms with Crippen LogP contribution in [-0.4, -0.2) is 14.9 Å². The number of thioether (sulfide) groups is 1. The zero-order valence-corrected chi connectivity index (χ0v) is 17.5. The summed E-state index contributed by atoms with van der Waals surface area (Å²) >= 11 is 1.43. The third-order valence-corrected chi connectivity index (χ3v) is 5.36. The molecule has 0 amide bonds. The van der Waals surface area contributed by atoms with Crippen molar-refractivity contribution in [1.29, 1.82) is 5.26 Å². The van der Waals surface area contributed by atoms with E-state index in [1.807, 2.05) is 48.5 Å². The fourth-order valence-electron chi connectivity index (χ4n) is 2.91. The Labute approximate surface area is 188 Å². The highest BCUT2D eigenvalue weighted by Gasteiger charge is 2.11. The quantitative estimate of drug-likeness (QED) is 0.150. The second-order valence-electron chi connectivity index (χ2n) is 6.69. The number of nitriles is 1. The van der Waals surface area contributed by atoms with Crippen molar-refractivity contribution in [3.05, 3.63) is 106 Å². The molecule has 1 aromatic heterocycles. The summed E-state index contributed by atoms with van der Waals surface area (Å²) < 4.78 is 5.87. The van der Waals surface area contributed by atoms with E-state index in [4.69, 9.17) is 10.00 Å². The molecular weight excluding hydrogens is 424 g/mol. The molecule has 0 aliphatic heterocycles. The first-order chi connectivity index (χ1) is 15.6. The van der Waals surface area contributed by atoms with Gasteiger partial charge in [-0.05, 0) is 29.8 Å². The maximum Gasteiger partial charge on any atom is 0.269 e. The van der Waals surface area contributed by atoms with Crippen LogP contribution in [0, 0.1) is 21.4 Å². The highest BCUT2D eigenvalue weighted by atomic mass is 32.2. The molecule has 0 saturated carbocycles. The summed E-state index contributed by atoms with van der Waals surface area (Å²) in [6.45, 7) is 0. The number of ether oxygens (including phenoxy) is 1. The van der Waals surface area contributed by atoms with Gasteiger partial charge < -0.3 is 4.74 Å². The van der Waals surface area contributed by atoms with Gasteiger partial charge in [0.1, 0.15) is 5.75 Å². The van der Waals surface area contributed by atoms with Crippen LogP contribution in [0.3, 0.4) is 0 Å². The highest BCUT2D eigenvalue weighted by molar-refractivity contribution is 7.98. The van der Waals surface area contributed by atoms with Crippen molar-refractivity contribution < 1.29 is 9.66 Å². The van der Waals surface area contributed by atoms with Gasteiger partial charge in [0.2, 0.25) is 5.88 Å². The standard InChI is InChI=1S/C24H16N4O3S/c25-15-17-5-4-6-18(13-17)16-32-24-26-22(19-7-2-1-3-8-19)14-23(27-24)31-21-11-9-20(10-12-21)28(29)30/h1-14H,16H2. The van der Waals surface area contributed by atoms with Gasteiger partial charge in [-0.3, -0.25) is 10.1 Å². The van der Waals surface area contributed by atoms with Gasteiger partial charge in [0.15, 0.2) is 5.16 Å². The smallest absolute Gasteiger partial charge is 0.269 e. The van der Waals surface area contributed by atoms with E-state index in [0.29, 0.717) is 33.8 Å². The first-order valence-corrected chi connectivity index (χ1v) is 10.6. The summed E-state index contributed by atoms with van der Waals surface area (Å²) in [5.41, 5.74) is 3.19. The number of non-ortho nitro benzene ring substituents is 1. The van der Waals surface area contributed by atoms with E-state index in [9.17, 15) is 10.1 Å². The van der Waals surface area contributed by atoms with Crippen LogP contribution < -0.4 is 4.74 Å². The van der Waals surface area contributed by atoms with Crippen LogP contribution in [0.25, 0.3) is 11.3 Å². The van der Waals surface area contributed by atoms with E-state index in [1.165, 1.54) is 36.0 Å². The van der Waals surface area contributed by atoms with Gasteiger partial charge in [0, 0.05) is 29.5 Å². The number of hydrogen-bond acceptors (Lipinski definition) is 7. The van der Waals surface area contributed by atoms with Crippen LogP contribution in [0.4, 0.5) is 5.69 Å². The highest BCUT2D eigenvalue weighted by Crippen LogP contribution is 2.30. The molecule has 1 heterocycles. The maximum absolute atomic E-state index is 10.9. The van der Waals surface area contributed by atoms with E-state index >= 15 is 0 Å². The Morgan fingerprint density at radius 2 is 1.75 bits per heavy atom. The van der Waals surface area contributed by atoms with Crippen molar-refractivity contribution in [2.75, 3.05) is 0 Å².